The van der Waals surface area contributed by atoms with Gasteiger partial charge in [0.25, 0.3) is 0 Å². The number of benzene rings is 1. The lowest BCUT2D eigenvalue weighted by Crippen LogP contribution is -2.34. The van der Waals surface area contributed by atoms with E-state index < -0.39 is 26.0 Å². The quantitative estimate of drug-likeness (QED) is 0.0571. The predicted octanol–water partition coefficient (Wildman–Crippen LogP) is 7.55. The minimum Gasteiger partial charge on any atom is -0.361 e. The van der Waals surface area contributed by atoms with Crippen LogP contribution in [0.15, 0.2) is 54.9 Å². The van der Waals surface area contributed by atoms with Gasteiger partial charge in [-0.15, -0.1) is 5.92 Å². The second kappa shape index (κ2) is 15.7. The summed E-state index contributed by atoms with van der Waals surface area (Å²) in [7, 11) is -5.69. The van der Waals surface area contributed by atoms with Crippen LogP contribution in [0.25, 0.3) is 28.0 Å². The molecule has 4 aromatic rings. The number of hydrogen-bond donors (Lipinski definition) is 0. The van der Waals surface area contributed by atoms with E-state index in [9.17, 15) is 8.42 Å². The highest BCUT2D eigenvalue weighted by molar-refractivity contribution is 7.91. The number of rotatable bonds is 14. The molecule has 4 heterocycles. The van der Waals surface area contributed by atoms with E-state index >= 15 is 0 Å². The van der Waals surface area contributed by atoms with Crippen molar-refractivity contribution in [1.29, 1.82) is 0 Å². The Morgan fingerprint density at radius 2 is 1.51 bits per heavy atom. The molecule has 1 aliphatic rings. The van der Waals surface area contributed by atoms with Gasteiger partial charge in [-0.05, 0) is 37.9 Å². The minimum absolute atomic E-state index is 0.0630. The number of pyridine rings is 1. The number of aromatic nitrogens is 4. The zero-order valence-corrected chi connectivity index (χ0v) is 32.9. The van der Waals surface area contributed by atoms with Crippen molar-refractivity contribution in [3.63, 3.8) is 0 Å². The van der Waals surface area contributed by atoms with Crippen LogP contribution in [0.2, 0.25) is 51.4 Å². The molecule has 0 aliphatic carbocycles. The SMILES string of the molecule is CC#Cc1c(C2CCS(=O)(=O)CC2)nc2c(-c3ccc(-c4ccccc4)nc3)cnn2c1N(COCC[Si](C)(C)C)COCC[Si](C)(C)C. The van der Waals surface area contributed by atoms with Gasteiger partial charge in [-0.2, -0.15) is 9.61 Å². The van der Waals surface area contributed by atoms with Crippen molar-refractivity contribution in [2.75, 3.05) is 43.1 Å². The van der Waals surface area contributed by atoms with E-state index in [2.05, 4.69) is 62.1 Å². The van der Waals surface area contributed by atoms with Gasteiger partial charge in [0.2, 0.25) is 0 Å². The maximum absolute atomic E-state index is 12.5. The summed E-state index contributed by atoms with van der Waals surface area (Å²) in [6.45, 7) is 17.8. The number of fused-ring (bicyclic) bond motifs is 1. The maximum atomic E-state index is 12.5. The molecule has 1 aromatic carbocycles. The Hall–Kier alpha value is -3.35. The fourth-order valence-corrected chi connectivity index (χ4v) is 8.80. The van der Waals surface area contributed by atoms with Gasteiger partial charge < -0.3 is 14.4 Å². The van der Waals surface area contributed by atoms with Crippen molar-refractivity contribution < 1.29 is 17.9 Å². The van der Waals surface area contributed by atoms with E-state index in [0.717, 1.165) is 51.5 Å². The molecule has 1 saturated heterocycles. The molecule has 0 spiro atoms. The first-order chi connectivity index (χ1) is 23.2. The van der Waals surface area contributed by atoms with Crippen LogP contribution in [0.1, 0.15) is 36.9 Å². The highest BCUT2D eigenvalue weighted by Crippen LogP contribution is 2.37. The second-order valence-corrected chi connectivity index (χ2v) is 28.9. The number of anilines is 1. The molecular formula is C37H51N5O4SSi2. The summed E-state index contributed by atoms with van der Waals surface area (Å²) in [4.78, 5) is 12.1. The summed E-state index contributed by atoms with van der Waals surface area (Å²) in [6, 6.07) is 16.3. The molecule has 9 nitrogen and oxygen atoms in total. The van der Waals surface area contributed by atoms with Crippen molar-refractivity contribution in [3.05, 3.63) is 66.1 Å². The highest BCUT2D eigenvalue weighted by Gasteiger charge is 2.31. The molecule has 0 N–H and O–H groups in total. The fourth-order valence-electron chi connectivity index (χ4n) is 5.79. The van der Waals surface area contributed by atoms with Crippen LogP contribution < -0.4 is 4.90 Å². The lowest BCUT2D eigenvalue weighted by molar-refractivity contribution is 0.0942. The molecule has 262 valence electrons. The van der Waals surface area contributed by atoms with Gasteiger partial charge in [-0.3, -0.25) is 4.98 Å². The summed E-state index contributed by atoms with van der Waals surface area (Å²) < 4.78 is 39.5. The average molecular weight is 718 g/mol. The number of hydrogen-bond acceptors (Lipinski definition) is 8. The van der Waals surface area contributed by atoms with E-state index in [4.69, 9.17) is 24.5 Å². The van der Waals surface area contributed by atoms with Gasteiger partial charge in [-0.25, -0.2) is 13.4 Å². The first kappa shape index (κ1) is 36.9. The average Bonchev–Trinajstić information content (AvgIpc) is 3.47. The number of ether oxygens (including phenoxy) is 2. The van der Waals surface area contributed by atoms with Crippen molar-refractivity contribution in [2.24, 2.45) is 0 Å². The molecule has 0 saturated carbocycles. The Morgan fingerprint density at radius 3 is 2.06 bits per heavy atom. The summed E-state index contributed by atoms with van der Waals surface area (Å²) in [6.07, 6.45) is 4.70. The van der Waals surface area contributed by atoms with E-state index in [-0.39, 0.29) is 17.4 Å². The molecule has 0 bridgehead atoms. The molecule has 5 rings (SSSR count). The molecule has 0 radical (unpaired) electrons. The normalized spacial score (nSPS) is 15.2. The summed E-state index contributed by atoms with van der Waals surface area (Å²) >= 11 is 0. The third kappa shape index (κ3) is 9.89. The highest BCUT2D eigenvalue weighted by atomic mass is 32.2. The van der Waals surface area contributed by atoms with E-state index in [1.54, 1.807) is 0 Å². The van der Waals surface area contributed by atoms with Crippen molar-refractivity contribution in [2.45, 2.75) is 77.1 Å². The van der Waals surface area contributed by atoms with Crippen LogP contribution >= 0.6 is 0 Å². The number of nitrogens with zero attached hydrogens (tertiary/aromatic N) is 5. The summed E-state index contributed by atoms with van der Waals surface area (Å²) in [5.74, 6) is 7.45. The van der Waals surface area contributed by atoms with Crippen LogP contribution in [0.3, 0.4) is 0 Å². The number of sulfone groups is 1. The van der Waals surface area contributed by atoms with E-state index in [1.165, 1.54) is 0 Å². The standard InChI is InChI=1S/C37H51N5O4SSi2/c1-8-12-32-35(30-17-21-47(43,44)22-18-30)40-36-33(31-15-16-34(38-25-31)29-13-10-9-11-14-29)26-39-42(36)37(32)41(27-45-19-23-48(2,3)4)28-46-20-24-49(5,6)7/h9-11,13-16,25-26,30H,17-24,27-28H2,1-7H3. The topological polar surface area (TPSA) is 98.9 Å². The Balaban J connectivity index is 1.62. The first-order valence-corrected chi connectivity index (χ1v) is 26.5. The molecular weight excluding hydrogens is 667 g/mol. The van der Waals surface area contributed by atoms with Crippen LogP contribution in [0, 0.1) is 11.8 Å². The van der Waals surface area contributed by atoms with Gasteiger partial charge >= 0.3 is 0 Å². The molecule has 0 atom stereocenters. The predicted molar refractivity (Wildman–Crippen MR) is 205 cm³/mol. The summed E-state index contributed by atoms with van der Waals surface area (Å²) in [5, 5.41) is 4.91. The van der Waals surface area contributed by atoms with Crippen molar-refractivity contribution in [1.82, 2.24) is 19.6 Å². The Morgan fingerprint density at radius 1 is 0.878 bits per heavy atom. The fraction of sp³-hybridized carbons (Fsp3) is 0.486. The third-order valence-corrected chi connectivity index (χ3v) is 13.9. The Kier molecular flexibility index (Phi) is 11.8. The molecule has 1 fully saturated rings. The minimum atomic E-state index is -3.07. The Bertz CT molecular complexity index is 1860. The lowest BCUT2D eigenvalue weighted by Gasteiger charge is -2.30. The third-order valence-electron chi connectivity index (χ3n) is 8.77. The molecule has 12 heteroatoms. The molecule has 3 aromatic heterocycles. The van der Waals surface area contributed by atoms with E-state index in [0.29, 0.717) is 45.2 Å². The van der Waals surface area contributed by atoms with Gasteiger partial charge in [0, 0.05) is 58.2 Å². The van der Waals surface area contributed by atoms with Gasteiger partial charge in [-0.1, -0.05) is 81.6 Å². The van der Waals surface area contributed by atoms with E-state index in [1.807, 2.05) is 60.2 Å². The molecule has 0 amide bonds. The second-order valence-electron chi connectivity index (χ2n) is 15.3. The van der Waals surface area contributed by atoms with Crippen LogP contribution in [0.5, 0.6) is 0 Å². The lowest BCUT2D eigenvalue weighted by atomic mass is 9.94. The van der Waals surface area contributed by atoms with Crippen molar-refractivity contribution in [3.8, 4) is 34.2 Å². The van der Waals surface area contributed by atoms with Crippen LogP contribution in [-0.4, -0.2) is 82.3 Å². The van der Waals surface area contributed by atoms with Gasteiger partial charge in [0.15, 0.2) is 11.5 Å². The zero-order valence-electron chi connectivity index (χ0n) is 30.1. The summed E-state index contributed by atoms with van der Waals surface area (Å²) in [5.41, 5.74) is 5.88. The van der Waals surface area contributed by atoms with Gasteiger partial charge in [0.1, 0.15) is 23.3 Å². The first-order valence-electron chi connectivity index (χ1n) is 17.2. The zero-order chi connectivity index (χ0) is 35.2. The molecule has 1 aliphatic heterocycles. The van der Waals surface area contributed by atoms with Gasteiger partial charge in [0.05, 0.1) is 34.7 Å². The maximum Gasteiger partial charge on any atom is 0.165 e. The smallest absolute Gasteiger partial charge is 0.165 e. The largest absolute Gasteiger partial charge is 0.361 e. The monoisotopic (exact) mass is 717 g/mol. The van der Waals surface area contributed by atoms with Crippen LogP contribution in [0.4, 0.5) is 5.82 Å². The molecule has 49 heavy (non-hydrogen) atoms. The van der Waals surface area contributed by atoms with Crippen LogP contribution in [-0.2, 0) is 19.3 Å². The van der Waals surface area contributed by atoms with Crippen molar-refractivity contribution >= 4 is 37.5 Å². The Labute approximate surface area is 294 Å². The molecule has 0 unspecified atom stereocenters.